The van der Waals surface area contributed by atoms with E-state index < -0.39 is 0 Å². The molecule has 1 saturated carbocycles. The average Bonchev–Trinajstić information content (AvgIpc) is 3.66. The number of aromatic nitrogens is 3. The first-order valence-electron chi connectivity index (χ1n) is 13.5. The molecule has 1 aromatic heterocycles. The zero-order valence-corrected chi connectivity index (χ0v) is 23.5. The SMILES string of the molecule is CSc1nnc(SC)n1CCNC(=O)N1CCC(C2CCN(C(=O)C3CC3c3ccccc3)CC2)CC1. The minimum atomic E-state index is 0.0285. The van der Waals surface area contributed by atoms with Gasteiger partial charge in [-0.2, -0.15) is 0 Å². The van der Waals surface area contributed by atoms with Gasteiger partial charge in [0.05, 0.1) is 0 Å². The quantitative estimate of drug-likeness (QED) is 0.504. The number of urea groups is 1. The summed E-state index contributed by atoms with van der Waals surface area (Å²) in [5.74, 6) is 2.29. The van der Waals surface area contributed by atoms with Crippen molar-refractivity contribution in [1.29, 1.82) is 0 Å². The summed E-state index contributed by atoms with van der Waals surface area (Å²) in [6.45, 7) is 4.65. The largest absolute Gasteiger partial charge is 0.342 e. The van der Waals surface area contributed by atoms with Crippen LogP contribution in [0.3, 0.4) is 0 Å². The molecule has 0 bridgehead atoms. The first kappa shape index (κ1) is 26.4. The molecule has 8 nitrogen and oxygen atoms in total. The molecule has 2 aliphatic heterocycles. The Bertz CT molecular complexity index is 1040. The van der Waals surface area contributed by atoms with Gasteiger partial charge in [0.15, 0.2) is 10.3 Å². The number of carbonyl (C=O) groups is 2. The molecule has 2 atom stereocenters. The zero-order chi connectivity index (χ0) is 25.8. The van der Waals surface area contributed by atoms with Crippen molar-refractivity contribution in [3.05, 3.63) is 35.9 Å². The second kappa shape index (κ2) is 12.1. The molecule has 200 valence electrons. The number of nitrogens with one attached hydrogen (secondary N) is 1. The summed E-state index contributed by atoms with van der Waals surface area (Å²) in [7, 11) is 0. The molecule has 3 fully saturated rings. The van der Waals surface area contributed by atoms with Crippen LogP contribution in [0.15, 0.2) is 40.6 Å². The lowest BCUT2D eigenvalue weighted by molar-refractivity contribution is -0.134. The number of hydrogen-bond acceptors (Lipinski definition) is 6. The fourth-order valence-corrected chi connectivity index (χ4v) is 7.19. The maximum absolute atomic E-state index is 13.0. The van der Waals surface area contributed by atoms with Crippen LogP contribution in [0.2, 0.25) is 0 Å². The molecule has 1 aromatic carbocycles. The normalized spacial score (nSPS) is 22.8. The van der Waals surface area contributed by atoms with E-state index in [0.717, 1.165) is 68.6 Å². The highest BCUT2D eigenvalue weighted by Crippen LogP contribution is 2.48. The van der Waals surface area contributed by atoms with Crippen molar-refractivity contribution in [3.8, 4) is 0 Å². The average molecular weight is 543 g/mol. The van der Waals surface area contributed by atoms with Gasteiger partial charge in [-0.25, -0.2) is 4.79 Å². The van der Waals surface area contributed by atoms with Crippen LogP contribution in [-0.4, -0.2) is 81.7 Å². The topological polar surface area (TPSA) is 83.4 Å². The van der Waals surface area contributed by atoms with E-state index in [4.69, 9.17) is 0 Å². The molecule has 3 heterocycles. The molecule has 10 heteroatoms. The van der Waals surface area contributed by atoms with Crippen LogP contribution in [0.25, 0.3) is 0 Å². The Labute approximate surface area is 228 Å². The minimum absolute atomic E-state index is 0.0285. The number of amides is 3. The standard InChI is InChI=1S/C27H38N6O2S2/c1-36-26-29-30-27(37-2)33(26)17-12-28-25(35)32-15-10-20(11-16-32)19-8-13-31(14-9-19)24(34)23-18-22(23)21-6-4-3-5-7-21/h3-7,19-20,22-23H,8-18H2,1-2H3,(H,28,35). The van der Waals surface area contributed by atoms with Crippen molar-refractivity contribution in [1.82, 2.24) is 29.9 Å². The van der Waals surface area contributed by atoms with Gasteiger partial charge in [0.25, 0.3) is 0 Å². The number of nitrogens with zero attached hydrogens (tertiary/aromatic N) is 5. The number of benzene rings is 1. The van der Waals surface area contributed by atoms with Crippen molar-refractivity contribution in [2.24, 2.45) is 17.8 Å². The third-order valence-corrected chi connectivity index (χ3v) is 9.67. The highest BCUT2D eigenvalue weighted by molar-refractivity contribution is 7.99. The van der Waals surface area contributed by atoms with Crippen LogP contribution in [-0.2, 0) is 11.3 Å². The van der Waals surface area contributed by atoms with Gasteiger partial charge in [-0.05, 0) is 67.9 Å². The Morgan fingerprint density at radius 3 is 2.03 bits per heavy atom. The predicted octanol–water partition coefficient (Wildman–Crippen LogP) is 4.19. The number of carbonyl (C=O) groups excluding carboxylic acids is 2. The first-order valence-corrected chi connectivity index (χ1v) is 15.9. The molecule has 0 spiro atoms. The summed E-state index contributed by atoms with van der Waals surface area (Å²) in [5.41, 5.74) is 1.31. The molecule has 2 aromatic rings. The Kier molecular flexibility index (Phi) is 8.64. The third kappa shape index (κ3) is 6.11. The Morgan fingerprint density at radius 2 is 1.46 bits per heavy atom. The minimum Gasteiger partial charge on any atom is -0.342 e. The summed E-state index contributed by atoms with van der Waals surface area (Å²) in [6, 6.07) is 10.5. The van der Waals surface area contributed by atoms with Gasteiger partial charge in [0.1, 0.15) is 0 Å². The lowest BCUT2D eigenvalue weighted by Gasteiger charge is -2.40. The van der Waals surface area contributed by atoms with Crippen LogP contribution in [0.4, 0.5) is 4.79 Å². The molecular weight excluding hydrogens is 504 g/mol. The molecule has 0 radical (unpaired) electrons. The summed E-state index contributed by atoms with van der Waals surface area (Å²) < 4.78 is 2.06. The van der Waals surface area contributed by atoms with E-state index in [9.17, 15) is 9.59 Å². The summed E-state index contributed by atoms with van der Waals surface area (Å²) >= 11 is 3.14. The van der Waals surface area contributed by atoms with E-state index in [-0.39, 0.29) is 11.9 Å². The highest BCUT2D eigenvalue weighted by Gasteiger charge is 2.46. The monoisotopic (exact) mass is 542 g/mol. The van der Waals surface area contributed by atoms with Gasteiger partial charge >= 0.3 is 6.03 Å². The third-order valence-electron chi connectivity index (χ3n) is 8.34. The molecule has 5 rings (SSSR count). The second-order valence-corrected chi connectivity index (χ2v) is 12.0. The van der Waals surface area contributed by atoms with E-state index in [0.29, 0.717) is 36.8 Å². The predicted molar refractivity (Wildman–Crippen MR) is 148 cm³/mol. The Balaban J connectivity index is 1.01. The molecule has 2 unspecified atom stereocenters. The maximum atomic E-state index is 13.0. The van der Waals surface area contributed by atoms with Crippen LogP contribution in [0.1, 0.15) is 43.6 Å². The molecule has 1 aliphatic carbocycles. The zero-order valence-electron chi connectivity index (χ0n) is 21.8. The van der Waals surface area contributed by atoms with E-state index in [2.05, 4.69) is 49.2 Å². The molecule has 3 amide bonds. The second-order valence-electron chi connectivity index (χ2n) is 10.4. The fourth-order valence-electron chi connectivity index (χ4n) is 6.09. The number of thioether (sulfide) groups is 2. The van der Waals surface area contributed by atoms with Crippen LogP contribution < -0.4 is 5.32 Å². The van der Waals surface area contributed by atoms with Gasteiger partial charge in [0, 0.05) is 45.2 Å². The molecule has 37 heavy (non-hydrogen) atoms. The number of piperidine rings is 2. The van der Waals surface area contributed by atoms with Crippen molar-refractivity contribution in [3.63, 3.8) is 0 Å². The number of hydrogen-bond donors (Lipinski definition) is 1. The highest BCUT2D eigenvalue weighted by atomic mass is 32.2. The van der Waals surface area contributed by atoms with Crippen LogP contribution in [0.5, 0.6) is 0 Å². The van der Waals surface area contributed by atoms with Gasteiger partial charge in [0.2, 0.25) is 5.91 Å². The smallest absolute Gasteiger partial charge is 0.317 e. The van der Waals surface area contributed by atoms with Crippen molar-refractivity contribution < 1.29 is 9.59 Å². The number of likely N-dealkylation sites (tertiary alicyclic amines) is 2. The van der Waals surface area contributed by atoms with Gasteiger partial charge < -0.3 is 15.1 Å². The Morgan fingerprint density at radius 1 is 0.892 bits per heavy atom. The summed E-state index contributed by atoms with van der Waals surface area (Å²) in [6.07, 6.45) is 9.29. The van der Waals surface area contributed by atoms with E-state index >= 15 is 0 Å². The Hall–Kier alpha value is -2.20. The van der Waals surface area contributed by atoms with E-state index in [1.54, 1.807) is 23.5 Å². The van der Waals surface area contributed by atoms with E-state index in [1.807, 2.05) is 23.5 Å². The first-order chi connectivity index (χ1) is 18.1. The number of rotatable bonds is 8. The molecule has 1 N–H and O–H groups in total. The molecule has 3 aliphatic rings. The van der Waals surface area contributed by atoms with Gasteiger partial charge in [-0.1, -0.05) is 53.9 Å². The van der Waals surface area contributed by atoms with Crippen molar-refractivity contribution >= 4 is 35.5 Å². The summed E-state index contributed by atoms with van der Waals surface area (Å²) in [4.78, 5) is 29.9. The lowest BCUT2D eigenvalue weighted by Crippen LogP contribution is -2.47. The molecular formula is C27H38N6O2S2. The molecule has 2 saturated heterocycles. The fraction of sp³-hybridized carbons (Fsp3) is 0.630. The maximum Gasteiger partial charge on any atom is 0.317 e. The van der Waals surface area contributed by atoms with Gasteiger partial charge in [-0.3, -0.25) is 9.36 Å². The summed E-state index contributed by atoms with van der Waals surface area (Å²) in [5, 5.41) is 13.2. The van der Waals surface area contributed by atoms with Crippen LogP contribution >= 0.6 is 23.5 Å². The lowest BCUT2D eigenvalue weighted by atomic mass is 9.79. The van der Waals surface area contributed by atoms with Gasteiger partial charge in [-0.15, -0.1) is 10.2 Å². The van der Waals surface area contributed by atoms with E-state index in [1.165, 1.54) is 5.56 Å². The van der Waals surface area contributed by atoms with Crippen molar-refractivity contribution in [2.45, 2.75) is 54.9 Å². The van der Waals surface area contributed by atoms with Crippen molar-refractivity contribution in [2.75, 3.05) is 45.2 Å². The van der Waals surface area contributed by atoms with Crippen LogP contribution in [0, 0.1) is 17.8 Å².